The third-order valence-electron chi connectivity index (χ3n) is 6.63. The van der Waals surface area contributed by atoms with Gasteiger partial charge in [-0.25, -0.2) is 19.2 Å². The van der Waals surface area contributed by atoms with Crippen LogP contribution in [0.3, 0.4) is 0 Å². The summed E-state index contributed by atoms with van der Waals surface area (Å²) in [6.45, 7) is 1.32. The number of H-pyrrole nitrogens is 1. The average molecular weight is 558 g/mol. The van der Waals surface area contributed by atoms with Crippen LogP contribution in [0, 0.1) is 0 Å². The molecule has 12 heteroatoms. The number of aliphatic carboxylic acids is 1. The van der Waals surface area contributed by atoms with Crippen molar-refractivity contribution in [1.82, 2.24) is 20.1 Å². The fraction of sp³-hybridized carbons (Fsp3) is 0.333. The molecule has 1 saturated heterocycles. The van der Waals surface area contributed by atoms with E-state index in [1.807, 2.05) is 24.3 Å². The maximum absolute atomic E-state index is 12.9. The Morgan fingerprint density at radius 2 is 1.94 bits per heavy atom. The van der Waals surface area contributed by atoms with Gasteiger partial charge in [0.15, 0.2) is 5.58 Å². The van der Waals surface area contributed by atoms with Crippen molar-refractivity contribution in [3.05, 3.63) is 62.5 Å². The number of urea groups is 2. The van der Waals surface area contributed by atoms with Gasteiger partial charge in [-0.3, -0.25) is 4.98 Å². The van der Waals surface area contributed by atoms with Gasteiger partial charge in [-0.1, -0.05) is 18.2 Å². The van der Waals surface area contributed by atoms with Crippen molar-refractivity contribution >= 4 is 50.7 Å². The van der Waals surface area contributed by atoms with Crippen LogP contribution in [0.5, 0.6) is 0 Å². The summed E-state index contributed by atoms with van der Waals surface area (Å²) >= 11 is 3.35. The minimum absolute atomic E-state index is 0.00826. The Bertz CT molecular complexity index is 1390. The number of carbonyl (C=O) groups is 3. The summed E-state index contributed by atoms with van der Waals surface area (Å²) in [7, 11) is 0. The van der Waals surface area contributed by atoms with Crippen LogP contribution in [-0.4, -0.2) is 63.1 Å². The fourth-order valence-corrected chi connectivity index (χ4v) is 5.34. The lowest BCUT2D eigenvalue weighted by Crippen LogP contribution is -2.54. The van der Waals surface area contributed by atoms with Gasteiger partial charge in [0.25, 0.3) is 0 Å². The molecule has 2 aliphatic rings. The first-order chi connectivity index (χ1) is 17.3. The number of aromatic amines is 1. The summed E-state index contributed by atoms with van der Waals surface area (Å²) < 4.78 is 5.64. The lowest BCUT2D eigenvalue weighted by Gasteiger charge is -2.40. The van der Waals surface area contributed by atoms with Crippen LogP contribution < -0.4 is 16.4 Å². The number of amides is 4. The molecule has 2 aromatic carbocycles. The molecule has 0 saturated carbocycles. The molecular weight excluding hydrogens is 534 g/mol. The van der Waals surface area contributed by atoms with E-state index in [9.17, 15) is 24.3 Å². The lowest BCUT2D eigenvalue weighted by atomic mass is 10.0. The zero-order chi connectivity index (χ0) is 25.4. The Labute approximate surface area is 213 Å². The number of carbonyl (C=O) groups excluding carboxylic acids is 2. The number of halogens is 1. The molecule has 3 aromatic rings. The molecule has 4 N–H and O–H groups in total. The highest BCUT2D eigenvalue weighted by atomic mass is 79.9. The fourth-order valence-electron chi connectivity index (χ4n) is 4.76. The predicted molar refractivity (Wildman–Crippen MR) is 134 cm³/mol. The molecule has 5 rings (SSSR count). The number of carboxylic acids is 1. The molecule has 1 aromatic heterocycles. The Balaban J connectivity index is 1.20. The average Bonchev–Trinajstić information content (AvgIpc) is 3.24. The number of oxazole rings is 1. The second kappa shape index (κ2) is 9.69. The van der Waals surface area contributed by atoms with Crippen molar-refractivity contribution in [1.29, 1.82) is 0 Å². The highest BCUT2D eigenvalue weighted by Gasteiger charge is 2.33. The van der Waals surface area contributed by atoms with Crippen molar-refractivity contribution in [2.45, 2.75) is 37.9 Å². The third-order valence-corrected chi connectivity index (χ3v) is 7.26. The number of carboxylic acid groups (broad SMARTS) is 1. The summed E-state index contributed by atoms with van der Waals surface area (Å²) in [5, 5.41) is 15.2. The molecule has 0 bridgehead atoms. The molecule has 188 valence electrons. The number of hydrogen-bond acceptors (Lipinski definition) is 5. The van der Waals surface area contributed by atoms with Crippen LogP contribution >= 0.6 is 15.9 Å². The van der Waals surface area contributed by atoms with Crippen molar-refractivity contribution in [3.63, 3.8) is 0 Å². The van der Waals surface area contributed by atoms with E-state index >= 15 is 0 Å². The largest absolute Gasteiger partial charge is 0.480 e. The first-order valence-corrected chi connectivity index (χ1v) is 12.3. The normalized spacial score (nSPS) is 17.0. The Hall–Kier alpha value is -3.80. The second-order valence-electron chi connectivity index (χ2n) is 8.94. The zero-order valence-corrected chi connectivity index (χ0v) is 20.7. The number of likely N-dealkylation sites (tertiary alicyclic amines) is 1. The standard InChI is InChI=1S/C24H24BrN5O6/c25-16-9-13(11-19-20(16)28-24(35)36-19)10-18(21(31)32)27-22(33)29-7-5-15(6-8-29)30-12-14-3-1-2-4-17(14)26-23(30)34/h1-4,9,11,15,18H,5-8,10,12H2,(H,26,34)(H,27,33)(H,28,35)(H,31,32). The van der Waals surface area contributed by atoms with Crippen LogP contribution in [0.2, 0.25) is 0 Å². The van der Waals surface area contributed by atoms with Gasteiger partial charge in [-0.2, -0.15) is 0 Å². The van der Waals surface area contributed by atoms with Crippen LogP contribution in [0.15, 0.2) is 50.1 Å². The van der Waals surface area contributed by atoms with E-state index in [-0.39, 0.29) is 18.5 Å². The maximum Gasteiger partial charge on any atom is 0.417 e. The molecule has 4 amide bonds. The van der Waals surface area contributed by atoms with Crippen LogP contribution in [0.25, 0.3) is 11.1 Å². The topological polar surface area (TPSA) is 148 Å². The monoisotopic (exact) mass is 557 g/mol. The molecular formula is C24H24BrN5O6. The minimum atomic E-state index is -1.17. The number of nitrogens with zero attached hydrogens (tertiary/aromatic N) is 2. The maximum atomic E-state index is 12.9. The summed E-state index contributed by atoms with van der Waals surface area (Å²) in [4.78, 5) is 54.8. The molecule has 3 heterocycles. The lowest BCUT2D eigenvalue weighted by molar-refractivity contribution is -0.139. The molecule has 1 fully saturated rings. The van der Waals surface area contributed by atoms with Gasteiger partial charge in [0, 0.05) is 42.3 Å². The van der Waals surface area contributed by atoms with Gasteiger partial charge in [0.2, 0.25) is 0 Å². The van der Waals surface area contributed by atoms with Gasteiger partial charge in [-0.15, -0.1) is 0 Å². The summed E-state index contributed by atoms with van der Waals surface area (Å²) in [5.74, 6) is -1.78. The molecule has 36 heavy (non-hydrogen) atoms. The molecule has 0 spiro atoms. The minimum Gasteiger partial charge on any atom is -0.480 e. The number of nitrogens with one attached hydrogen (secondary N) is 3. The van der Waals surface area contributed by atoms with Crippen molar-refractivity contribution in [3.8, 4) is 0 Å². The summed E-state index contributed by atoms with van der Waals surface area (Å²) in [6, 6.07) is 9.13. The number of rotatable bonds is 5. The number of piperidine rings is 1. The molecule has 0 radical (unpaired) electrons. The smallest absolute Gasteiger partial charge is 0.417 e. The second-order valence-corrected chi connectivity index (χ2v) is 9.80. The zero-order valence-electron chi connectivity index (χ0n) is 19.1. The van der Waals surface area contributed by atoms with E-state index in [2.05, 4.69) is 31.5 Å². The number of aromatic nitrogens is 1. The van der Waals surface area contributed by atoms with Crippen LogP contribution in [0.4, 0.5) is 15.3 Å². The van der Waals surface area contributed by atoms with E-state index in [0.29, 0.717) is 53.6 Å². The van der Waals surface area contributed by atoms with Gasteiger partial charge in [-0.05, 0) is 58.1 Å². The van der Waals surface area contributed by atoms with Crippen molar-refractivity contribution < 1.29 is 23.9 Å². The number of hydrogen-bond donors (Lipinski definition) is 4. The highest BCUT2D eigenvalue weighted by Crippen LogP contribution is 2.28. The van der Waals surface area contributed by atoms with E-state index in [4.69, 9.17) is 4.42 Å². The van der Waals surface area contributed by atoms with E-state index in [1.165, 1.54) is 0 Å². The van der Waals surface area contributed by atoms with Gasteiger partial charge in [0.05, 0.1) is 0 Å². The van der Waals surface area contributed by atoms with Crippen molar-refractivity contribution in [2.75, 3.05) is 18.4 Å². The Kier molecular flexibility index (Phi) is 6.44. The van der Waals surface area contributed by atoms with Gasteiger partial charge < -0.3 is 30.0 Å². The molecule has 2 aliphatic heterocycles. The number of fused-ring (bicyclic) bond motifs is 2. The first kappa shape index (κ1) is 23.9. The molecule has 0 aliphatic carbocycles. The van der Waals surface area contributed by atoms with Crippen LogP contribution in [-0.2, 0) is 17.8 Å². The number of anilines is 1. The predicted octanol–water partition coefficient (Wildman–Crippen LogP) is 3.10. The van der Waals surface area contributed by atoms with Crippen molar-refractivity contribution in [2.24, 2.45) is 0 Å². The Morgan fingerprint density at radius 1 is 1.19 bits per heavy atom. The SMILES string of the molecule is O=C(O)C(Cc1cc(Br)c2[nH]c(=O)oc2c1)NC(=O)N1CCC(N2Cc3ccccc3NC2=O)CC1. The number of para-hydroxylation sites is 1. The van der Waals surface area contributed by atoms with E-state index < -0.39 is 23.8 Å². The number of benzene rings is 2. The van der Waals surface area contributed by atoms with Gasteiger partial charge >= 0.3 is 23.8 Å². The van der Waals surface area contributed by atoms with E-state index in [0.717, 1.165) is 11.3 Å². The quantitative estimate of drug-likeness (QED) is 0.378. The highest BCUT2D eigenvalue weighted by molar-refractivity contribution is 9.10. The summed E-state index contributed by atoms with van der Waals surface area (Å²) in [6.07, 6.45) is 1.20. The Morgan fingerprint density at radius 3 is 2.69 bits per heavy atom. The first-order valence-electron chi connectivity index (χ1n) is 11.5. The summed E-state index contributed by atoms with van der Waals surface area (Å²) in [5.41, 5.74) is 3.23. The molecule has 11 nitrogen and oxygen atoms in total. The third kappa shape index (κ3) is 4.81. The molecule has 1 atom stereocenters. The van der Waals surface area contributed by atoms with Crippen LogP contribution in [0.1, 0.15) is 24.0 Å². The van der Waals surface area contributed by atoms with E-state index in [1.54, 1.807) is 21.9 Å². The molecule has 1 unspecified atom stereocenters. The van der Waals surface area contributed by atoms with Gasteiger partial charge in [0.1, 0.15) is 11.6 Å².